The summed E-state index contributed by atoms with van der Waals surface area (Å²) in [5, 5.41) is 5.57. The van der Waals surface area contributed by atoms with Gasteiger partial charge in [0.05, 0.1) is 5.69 Å². The number of nitrogens with one attached hydrogen (secondary N) is 2. The monoisotopic (exact) mass is 386 g/mol. The van der Waals surface area contributed by atoms with Gasteiger partial charge in [-0.25, -0.2) is 4.39 Å². The first kappa shape index (κ1) is 18.7. The van der Waals surface area contributed by atoms with Crippen LogP contribution in [-0.4, -0.2) is 18.4 Å². The first-order valence-electron chi connectivity index (χ1n) is 8.10. The number of halogens is 2. The first-order valence-corrected chi connectivity index (χ1v) is 8.47. The van der Waals surface area contributed by atoms with Crippen LogP contribution in [0.25, 0.3) is 6.08 Å². The molecule has 5 nitrogen and oxygen atoms in total. The Bertz CT molecular complexity index is 970. The Morgan fingerprint density at radius 2 is 2.00 bits per heavy atom. The summed E-state index contributed by atoms with van der Waals surface area (Å²) in [6, 6.07) is 9.23. The molecule has 7 heteroatoms. The van der Waals surface area contributed by atoms with Gasteiger partial charge in [-0.15, -0.1) is 0 Å². The van der Waals surface area contributed by atoms with Gasteiger partial charge >= 0.3 is 0 Å². The summed E-state index contributed by atoms with van der Waals surface area (Å²) >= 11 is 5.97. The smallest absolute Gasteiger partial charge is 0.248 e. The Labute approximate surface area is 160 Å². The zero-order valence-corrected chi connectivity index (χ0v) is 15.1. The van der Waals surface area contributed by atoms with E-state index in [2.05, 4.69) is 10.6 Å². The van der Waals surface area contributed by atoms with E-state index in [-0.39, 0.29) is 11.6 Å². The van der Waals surface area contributed by atoms with E-state index in [1.807, 2.05) is 6.08 Å². The van der Waals surface area contributed by atoms with Crippen molar-refractivity contribution in [2.45, 2.75) is 6.92 Å². The van der Waals surface area contributed by atoms with E-state index in [1.165, 1.54) is 31.2 Å². The van der Waals surface area contributed by atoms with Crippen LogP contribution in [0.5, 0.6) is 5.75 Å². The van der Waals surface area contributed by atoms with Crippen LogP contribution in [0.3, 0.4) is 0 Å². The topological polar surface area (TPSA) is 67.4 Å². The molecule has 2 aromatic rings. The van der Waals surface area contributed by atoms with Gasteiger partial charge < -0.3 is 15.4 Å². The Balaban J connectivity index is 1.70. The third kappa shape index (κ3) is 4.95. The number of carbonyl (C=O) groups is 2. The number of hydrogen-bond acceptors (Lipinski definition) is 3. The van der Waals surface area contributed by atoms with Crippen LogP contribution < -0.4 is 15.4 Å². The molecule has 3 rings (SSSR count). The standard InChI is InChI=1S/C20H16ClFN2O3/c1-12(25)23-16-4-5-17(22)18(10-16)24-20(26)7-2-13-8-14-9-15(21)3-6-19(14)27-11-13/h2-10H,11H2,1H3,(H,23,25)(H,24,26)/b7-2+. The number of hydrogen-bond donors (Lipinski definition) is 2. The van der Waals surface area contributed by atoms with Crippen LogP contribution >= 0.6 is 11.6 Å². The van der Waals surface area contributed by atoms with Crippen molar-refractivity contribution in [3.05, 3.63) is 70.5 Å². The van der Waals surface area contributed by atoms with E-state index in [9.17, 15) is 14.0 Å². The van der Waals surface area contributed by atoms with Gasteiger partial charge in [0.25, 0.3) is 0 Å². The van der Waals surface area contributed by atoms with E-state index >= 15 is 0 Å². The number of carbonyl (C=O) groups excluding carboxylic acids is 2. The second kappa shape index (κ2) is 8.05. The van der Waals surface area contributed by atoms with E-state index < -0.39 is 11.7 Å². The van der Waals surface area contributed by atoms with Gasteiger partial charge in [0.15, 0.2) is 0 Å². The van der Waals surface area contributed by atoms with E-state index in [1.54, 1.807) is 24.3 Å². The van der Waals surface area contributed by atoms with Gasteiger partial charge in [-0.05, 0) is 48.0 Å². The second-order valence-electron chi connectivity index (χ2n) is 5.89. The third-order valence-electron chi connectivity index (χ3n) is 3.70. The fraction of sp³-hybridized carbons (Fsp3) is 0.100. The number of benzene rings is 2. The lowest BCUT2D eigenvalue weighted by Crippen LogP contribution is -2.12. The molecule has 0 atom stereocenters. The molecular weight excluding hydrogens is 371 g/mol. The lowest BCUT2D eigenvalue weighted by molar-refractivity contribution is -0.114. The third-order valence-corrected chi connectivity index (χ3v) is 3.94. The summed E-state index contributed by atoms with van der Waals surface area (Å²) in [6.45, 7) is 1.65. The molecule has 2 amide bonds. The van der Waals surface area contributed by atoms with E-state index in [0.29, 0.717) is 17.3 Å². The molecule has 1 heterocycles. The normalized spacial score (nSPS) is 12.8. The maximum absolute atomic E-state index is 13.9. The minimum atomic E-state index is -0.602. The highest BCUT2D eigenvalue weighted by atomic mass is 35.5. The van der Waals surface area contributed by atoms with E-state index in [4.69, 9.17) is 16.3 Å². The number of rotatable bonds is 4. The summed E-state index contributed by atoms with van der Waals surface area (Å²) in [7, 11) is 0. The van der Waals surface area contributed by atoms with Crippen LogP contribution in [0.15, 0.2) is 54.1 Å². The Hall–Kier alpha value is -3.12. The van der Waals surface area contributed by atoms with Crippen LogP contribution in [0.1, 0.15) is 12.5 Å². The molecule has 0 fully saturated rings. The first-order chi connectivity index (χ1) is 12.9. The van der Waals surface area contributed by atoms with Crippen molar-refractivity contribution < 1.29 is 18.7 Å². The van der Waals surface area contributed by atoms with Crippen LogP contribution in [0.4, 0.5) is 15.8 Å². The highest BCUT2D eigenvalue weighted by Crippen LogP contribution is 2.29. The van der Waals surface area contributed by atoms with Gasteiger partial charge in [0.2, 0.25) is 11.8 Å². The van der Waals surface area contributed by atoms with Gasteiger partial charge in [-0.3, -0.25) is 9.59 Å². The molecule has 0 unspecified atom stereocenters. The molecule has 0 bridgehead atoms. The lowest BCUT2D eigenvalue weighted by atomic mass is 10.1. The molecule has 1 aliphatic heterocycles. The average Bonchev–Trinajstić information content (AvgIpc) is 2.62. The van der Waals surface area contributed by atoms with Crippen molar-refractivity contribution in [2.75, 3.05) is 17.2 Å². The molecule has 0 saturated heterocycles. The van der Waals surface area contributed by atoms with Crippen LogP contribution in [0.2, 0.25) is 5.02 Å². The lowest BCUT2D eigenvalue weighted by Gasteiger charge is -2.16. The highest BCUT2D eigenvalue weighted by Gasteiger charge is 2.11. The zero-order chi connectivity index (χ0) is 19.4. The molecule has 0 saturated carbocycles. The van der Waals surface area contributed by atoms with Gasteiger partial charge in [0, 0.05) is 29.3 Å². The predicted molar refractivity (Wildman–Crippen MR) is 103 cm³/mol. The number of amides is 2. The molecule has 1 aliphatic rings. The molecule has 0 spiro atoms. The fourth-order valence-corrected chi connectivity index (χ4v) is 2.70. The van der Waals surface area contributed by atoms with Crippen LogP contribution in [0, 0.1) is 5.82 Å². The highest BCUT2D eigenvalue weighted by molar-refractivity contribution is 6.30. The molecule has 2 N–H and O–H groups in total. The molecular formula is C20H16ClFN2O3. The molecule has 0 aromatic heterocycles. The van der Waals surface area contributed by atoms with Crippen molar-refractivity contribution in [1.82, 2.24) is 0 Å². The molecule has 138 valence electrons. The summed E-state index contributed by atoms with van der Waals surface area (Å²) in [5.41, 5.74) is 1.96. The minimum absolute atomic E-state index is 0.0260. The Morgan fingerprint density at radius 3 is 2.78 bits per heavy atom. The second-order valence-corrected chi connectivity index (χ2v) is 6.32. The quantitative estimate of drug-likeness (QED) is 0.765. The number of fused-ring (bicyclic) bond motifs is 1. The largest absolute Gasteiger partial charge is 0.488 e. The average molecular weight is 387 g/mol. The zero-order valence-electron chi connectivity index (χ0n) is 14.4. The van der Waals surface area contributed by atoms with Gasteiger partial charge in [0.1, 0.15) is 18.2 Å². The summed E-state index contributed by atoms with van der Waals surface area (Å²) < 4.78 is 19.5. The Morgan fingerprint density at radius 1 is 1.19 bits per heavy atom. The maximum atomic E-state index is 13.9. The molecule has 2 aromatic carbocycles. The molecule has 0 radical (unpaired) electrons. The predicted octanol–water partition coefficient (Wildman–Crippen LogP) is 4.41. The maximum Gasteiger partial charge on any atom is 0.248 e. The fourth-order valence-electron chi connectivity index (χ4n) is 2.52. The molecule has 27 heavy (non-hydrogen) atoms. The molecule has 0 aliphatic carbocycles. The van der Waals surface area contributed by atoms with Gasteiger partial charge in [-0.1, -0.05) is 17.7 Å². The van der Waals surface area contributed by atoms with Crippen molar-refractivity contribution in [3.63, 3.8) is 0 Å². The number of anilines is 2. The summed E-state index contributed by atoms with van der Waals surface area (Å²) in [6.07, 6.45) is 4.75. The van der Waals surface area contributed by atoms with Gasteiger partial charge in [-0.2, -0.15) is 0 Å². The van der Waals surface area contributed by atoms with Crippen molar-refractivity contribution >= 4 is 40.9 Å². The van der Waals surface area contributed by atoms with Crippen molar-refractivity contribution in [2.24, 2.45) is 0 Å². The van der Waals surface area contributed by atoms with Crippen LogP contribution in [-0.2, 0) is 9.59 Å². The van der Waals surface area contributed by atoms with E-state index in [0.717, 1.165) is 16.9 Å². The van der Waals surface area contributed by atoms with Crippen molar-refractivity contribution in [1.29, 1.82) is 0 Å². The summed E-state index contributed by atoms with van der Waals surface area (Å²) in [5.74, 6) is -0.678. The minimum Gasteiger partial charge on any atom is -0.488 e. The number of ether oxygens (including phenoxy) is 1. The Kier molecular flexibility index (Phi) is 5.57. The SMILES string of the molecule is CC(=O)Nc1ccc(F)c(NC(=O)/C=C/C2=Cc3cc(Cl)ccc3OC2)c1. The summed E-state index contributed by atoms with van der Waals surface area (Å²) in [4.78, 5) is 23.2. The van der Waals surface area contributed by atoms with Crippen molar-refractivity contribution in [3.8, 4) is 5.75 Å².